The molecule has 0 radical (unpaired) electrons. The number of H-pyrrole nitrogens is 1. The average molecular weight is 223 g/mol. The fourth-order valence-corrected chi connectivity index (χ4v) is 2.13. The lowest BCUT2D eigenvalue weighted by atomic mass is 10.2. The number of aryl methyl sites for hydroxylation is 1. The van der Waals surface area contributed by atoms with E-state index in [9.17, 15) is 0 Å². The number of ether oxygens (including phenoxy) is 1. The molecule has 4 nitrogen and oxygen atoms in total. The van der Waals surface area contributed by atoms with Crippen molar-refractivity contribution in [2.75, 3.05) is 13.2 Å². The topological polar surface area (TPSA) is 49.9 Å². The Morgan fingerprint density at radius 3 is 3.00 bits per heavy atom. The van der Waals surface area contributed by atoms with E-state index in [1.54, 1.807) is 0 Å². The second-order valence-corrected chi connectivity index (χ2v) is 4.47. The highest BCUT2D eigenvalue weighted by Crippen LogP contribution is 2.20. The zero-order valence-electron chi connectivity index (χ0n) is 9.96. The number of hydrogen-bond acceptors (Lipinski definition) is 3. The molecule has 90 valence electrons. The maximum atomic E-state index is 5.77. The van der Waals surface area contributed by atoms with E-state index in [-0.39, 0.29) is 0 Å². The van der Waals surface area contributed by atoms with Crippen molar-refractivity contribution >= 4 is 0 Å². The van der Waals surface area contributed by atoms with Gasteiger partial charge in [-0.2, -0.15) is 5.10 Å². The Balaban J connectivity index is 1.53. The Morgan fingerprint density at radius 1 is 1.50 bits per heavy atom. The molecule has 0 unspecified atom stereocenters. The largest absolute Gasteiger partial charge is 0.377 e. The molecule has 0 atom stereocenters. The SMILES string of the molecule is Cc1[nH]ncc1CNCCOC1CCCC1. The summed E-state index contributed by atoms with van der Waals surface area (Å²) in [4.78, 5) is 0. The van der Waals surface area contributed by atoms with Crippen LogP contribution < -0.4 is 5.32 Å². The minimum Gasteiger partial charge on any atom is -0.377 e. The summed E-state index contributed by atoms with van der Waals surface area (Å²) in [6.07, 6.45) is 7.58. The van der Waals surface area contributed by atoms with E-state index in [0.717, 1.165) is 25.4 Å². The smallest absolute Gasteiger partial charge is 0.0594 e. The zero-order valence-corrected chi connectivity index (χ0v) is 9.96. The second-order valence-electron chi connectivity index (χ2n) is 4.47. The first-order chi connectivity index (χ1) is 7.86. The Bertz CT molecular complexity index is 305. The second kappa shape index (κ2) is 6.01. The Kier molecular flexibility index (Phi) is 4.36. The van der Waals surface area contributed by atoms with Crippen LogP contribution in [0.2, 0.25) is 0 Å². The first kappa shape index (κ1) is 11.6. The van der Waals surface area contributed by atoms with Crippen molar-refractivity contribution < 1.29 is 4.74 Å². The molecule has 4 heteroatoms. The first-order valence-corrected chi connectivity index (χ1v) is 6.17. The van der Waals surface area contributed by atoms with Gasteiger partial charge in [0.1, 0.15) is 0 Å². The predicted octanol–water partition coefficient (Wildman–Crippen LogP) is 1.77. The van der Waals surface area contributed by atoms with Gasteiger partial charge in [-0.15, -0.1) is 0 Å². The lowest BCUT2D eigenvalue weighted by Gasteiger charge is -2.11. The standard InChI is InChI=1S/C12H21N3O/c1-10-11(9-14-15-10)8-13-6-7-16-12-4-2-3-5-12/h9,12-13H,2-8H2,1H3,(H,14,15). The van der Waals surface area contributed by atoms with E-state index in [2.05, 4.69) is 15.5 Å². The van der Waals surface area contributed by atoms with Crippen LogP contribution in [0.4, 0.5) is 0 Å². The van der Waals surface area contributed by atoms with Gasteiger partial charge in [0.2, 0.25) is 0 Å². The molecule has 1 saturated carbocycles. The van der Waals surface area contributed by atoms with Crippen molar-refractivity contribution in [3.63, 3.8) is 0 Å². The van der Waals surface area contributed by atoms with Gasteiger partial charge >= 0.3 is 0 Å². The number of aromatic amines is 1. The van der Waals surface area contributed by atoms with Crippen LogP contribution in [0, 0.1) is 6.92 Å². The van der Waals surface area contributed by atoms with Gasteiger partial charge in [0.05, 0.1) is 18.9 Å². The normalized spacial score (nSPS) is 17.1. The van der Waals surface area contributed by atoms with E-state index >= 15 is 0 Å². The van der Waals surface area contributed by atoms with Crippen molar-refractivity contribution in [3.8, 4) is 0 Å². The van der Waals surface area contributed by atoms with Crippen LogP contribution in [0.3, 0.4) is 0 Å². The lowest BCUT2D eigenvalue weighted by Crippen LogP contribution is -2.22. The molecule has 1 heterocycles. The van der Waals surface area contributed by atoms with Crippen LogP contribution in [0.25, 0.3) is 0 Å². The van der Waals surface area contributed by atoms with Gasteiger partial charge in [0.25, 0.3) is 0 Å². The van der Waals surface area contributed by atoms with Crippen molar-refractivity contribution in [1.29, 1.82) is 0 Å². The summed E-state index contributed by atoms with van der Waals surface area (Å²) in [5.74, 6) is 0. The van der Waals surface area contributed by atoms with Crippen molar-refractivity contribution in [2.45, 2.75) is 45.3 Å². The molecular formula is C12H21N3O. The maximum absolute atomic E-state index is 5.77. The zero-order chi connectivity index (χ0) is 11.2. The fourth-order valence-electron chi connectivity index (χ4n) is 2.13. The molecular weight excluding hydrogens is 202 g/mol. The summed E-state index contributed by atoms with van der Waals surface area (Å²) >= 11 is 0. The number of nitrogens with zero attached hydrogens (tertiary/aromatic N) is 1. The number of nitrogens with one attached hydrogen (secondary N) is 2. The van der Waals surface area contributed by atoms with Gasteiger partial charge in [-0.25, -0.2) is 0 Å². The number of rotatable bonds is 6. The van der Waals surface area contributed by atoms with E-state index in [1.165, 1.54) is 31.2 Å². The van der Waals surface area contributed by atoms with Crippen LogP contribution >= 0.6 is 0 Å². The van der Waals surface area contributed by atoms with E-state index in [1.807, 2.05) is 13.1 Å². The van der Waals surface area contributed by atoms with Crippen molar-refractivity contribution in [3.05, 3.63) is 17.5 Å². The minimum atomic E-state index is 0.525. The molecule has 1 aromatic heterocycles. The highest BCUT2D eigenvalue weighted by atomic mass is 16.5. The van der Waals surface area contributed by atoms with Crippen LogP contribution in [0.15, 0.2) is 6.20 Å². The quantitative estimate of drug-likeness (QED) is 0.723. The Hall–Kier alpha value is -0.870. The third-order valence-corrected chi connectivity index (χ3v) is 3.18. The molecule has 2 rings (SSSR count). The number of aromatic nitrogens is 2. The summed E-state index contributed by atoms with van der Waals surface area (Å²) in [7, 11) is 0. The molecule has 0 aliphatic heterocycles. The predicted molar refractivity (Wildman–Crippen MR) is 63.2 cm³/mol. The van der Waals surface area contributed by atoms with Crippen molar-refractivity contribution in [1.82, 2.24) is 15.5 Å². The molecule has 1 aliphatic rings. The molecule has 0 bridgehead atoms. The molecule has 1 fully saturated rings. The summed E-state index contributed by atoms with van der Waals surface area (Å²) in [5, 5.41) is 10.3. The highest BCUT2D eigenvalue weighted by molar-refractivity contribution is 5.13. The van der Waals surface area contributed by atoms with Gasteiger partial charge < -0.3 is 10.1 Å². The molecule has 0 amide bonds. The Labute approximate surface area is 96.8 Å². The summed E-state index contributed by atoms with van der Waals surface area (Å²) in [6, 6.07) is 0. The van der Waals surface area contributed by atoms with Crippen LogP contribution in [-0.2, 0) is 11.3 Å². The molecule has 0 spiro atoms. The molecule has 1 aliphatic carbocycles. The third kappa shape index (κ3) is 3.32. The van der Waals surface area contributed by atoms with Gasteiger partial charge in [-0.05, 0) is 19.8 Å². The Morgan fingerprint density at radius 2 is 2.31 bits per heavy atom. The van der Waals surface area contributed by atoms with E-state index in [4.69, 9.17) is 4.74 Å². The monoisotopic (exact) mass is 223 g/mol. The van der Waals surface area contributed by atoms with Gasteiger partial charge in [0, 0.05) is 24.3 Å². The van der Waals surface area contributed by atoms with Gasteiger partial charge in [-0.3, -0.25) is 5.10 Å². The number of hydrogen-bond donors (Lipinski definition) is 2. The molecule has 0 aromatic carbocycles. The van der Waals surface area contributed by atoms with Crippen LogP contribution in [0.1, 0.15) is 36.9 Å². The molecule has 0 saturated heterocycles. The fraction of sp³-hybridized carbons (Fsp3) is 0.750. The van der Waals surface area contributed by atoms with Crippen LogP contribution in [-0.4, -0.2) is 29.5 Å². The van der Waals surface area contributed by atoms with Gasteiger partial charge in [-0.1, -0.05) is 12.8 Å². The highest BCUT2D eigenvalue weighted by Gasteiger charge is 2.14. The maximum Gasteiger partial charge on any atom is 0.0594 e. The van der Waals surface area contributed by atoms with Gasteiger partial charge in [0.15, 0.2) is 0 Å². The average Bonchev–Trinajstić information content (AvgIpc) is 2.90. The molecule has 1 aromatic rings. The summed E-state index contributed by atoms with van der Waals surface area (Å²) in [6.45, 7) is 4.65. The lowest BCUT2D eigenvalue weighted by molar-refractivity contribution is 0.0602. The minimum absolute atomic E-state index is 0.525. The summed E-state index contributed by atoms with van der Waals surface area (Å²) < 4.78 is 5.77. The summed E-state index contributed by atoms with van der Waals surface area (Å²) in [5.41, 5.74) is 2.38. The first-order valence-electron chi connectivity index (χ1n) is 6.17. The van der Waals surface area contributed by atoms with E-state index < -0.39 is 0 Å². The van der Waals surface area contributed by atoms with Crippen LogP contribution in [0.5, 0.6) is 0 Å². The van der Waals surface area contributed by atoms with Crippen molar-refractivity contribution in [2.24, 2.45) is 0 Å². The molecule has 2 N–H and O–H groups in total. The molecule has 16 heavy (non-hydrogen) atoms. The third-order valence-electron chi connectivity index (χ3n) is 3.18. The van der Waals surface area contributed by atoms with E-state index in [0.29, 0.717) is 6.10 Å².